The van der Waals surface area contributed by atoms with Crippen LogP contribution in [0, 0.1) is 0 Å². The molecule has 2 aliphatic heterocycles. The highest BCUT2D eigenvalue weighted by Gasteiger charge is 2.58. The van der Waals surface area contributed by atoms with Gasteiger partial charge in [0, 0.05) is 19.5 Å². The Kier molecular flexibility index (Phi) is 3.42. The highest BCUT2D eigenvalue weighted by molar-refractivity contribution is 4.62. The van der Waals surface area contributed by atoms with E-state index in [0.717, 1.165) is 17.7 Å². The monoisotopic (exact) mass is 199 g/mol. The fraction of sp³-hybridized carbons (Fsp3) is 1.00. The summed E-state index contributed by atoms with van der Waals surface area (Å²) >= 11 is 0. The van der Waals surface area contributed by atoms with Gasteiger partial charge in [0.2, 0.25) is 0 Å². The van der Waals surface area contributed by atoms with Crippen LogP contribution in [0.25, 0.3) is 0 Å². The molecular weight excluding hydrogens is 176 g/mol. The Labute approximate surface area is 87.0 Å². The number of hydroxylamine groups is 3. The van der Waals surface area contributed by atoms with Gasteiger partial charge < -0.3 is 5.32 Å². The summed E-state index contributed by atoms with van der Waals surface area (Å²) in [5.74, 6) is 0. The maximum Gasteiger partial charge on any atom is 0.274 e. The molecule has 1 N–H and O–H groups in total. The fourth-order valence-corrected chi connectivity index (χ4v) is 2.42. The molecule has 0 aromatic heterocycles. The number of piperazine rings is 1. The molecule has 0 aliphatic carbocycles. The minimum Gasteiger partial charge on any atom is -0.306 e. The van der Waals surface area contributed by atoms with Crippen molar-refractivity contribution in [3.05, 3.63) is 0 Å². The van der Waals surface area contributed by atoms with Crippen LogP contribution in [0.15, 0.2) is 0 Å². The predicted octanol–water partition coefficient (Wildman–Crippen LogP) is 1.65. The van der Waals surface area contributed by atoms with E-state index in [1.165, 1.54) is 45.2 Å². The number of quaternary nitrogens is 1. The first-order valence-corrected chi connectivity index (χ1v) is 6.13. The van der Waals surface area contributed by atoms with E-state index in [0.29, 0.717) is 6.23 Å². The SMILES string of the molecule is CCCCCCC1O[N+]12CCNCC2. The smallest absolute Gasteiger partial charge is 0.274 e. The van der Waals surface area contributed by atoms with E-state index >= 15 is 0 Å². The predicted molar refractivity (Wildman–Crippen MR) is 56.5 cm³/mol. The van der Waals surface area contributed by atoms with Crippen molar-refractivity contribution in [2.45, 2.75) is 45.3 Å². The topological polar surface area (TPSA) is 24.6 Å². The Balaban J connectivity index is 1.60. The largest absolute Gasteiger partial charge is 0.306 e. The summed E-state index contributed by atoms with van der Waals surface area (Å²) in [6.45, 7) is 6.88. The van der Waals surface area contributed by atoms with Crippen LogP contribution >= 0.6 is 0 Å². The first-order valence-electron chi connectivity index (χ1n) is 6.13. The van der Waals surface area contributed by atoms with Crippen LogP contribution in [0.3, 0.4) is 0 Å². The van der Waals surface area contributed by atoms with Gasteiger partial charge in [0.15, 0.2) is 0 Å². The number of nitrogens with one attached hydrogen (secondary N) is 1. The number of hydrogen-bond donors (Lipinski definition) is 1. The average Bonchev–Trinajstić information content (AvgIpc) is 2.87. The number of hydrogen-bond acceptors (Lipinski definition) is 2. The molecule has 82 valence electrons. The Morgan fingerprint density at radius 3 is 2.71 bits per heavy atom. The van der Waals surface area contributed by atoms with Crippen molar-refractivity contribution in [1.29, 1.82) is 0 Å². The van der Waals surface area contributed by atoms with Crippen LogP contribution in [-0.2, 0) is 4.84 Å². The number of rotatable bonds is 5. The van der Waals surface area contributed by atoms with Gasteiger partial charge in [0.05, 0.1) is 0 Å². The van der Waals surface area contributed by atoms with Crippen molar-refractivity contribution < 1.29 is 9.48 Å². The summed E-state index contributed by atoms with van der Waals surface area (Å²) in [5.41, 5.74) is 0. The van der Waals surface area contributed by atoms with E-state index < -0.39 is 0 Å². The van der Waals surface area contributed by atoms with Crippen molar-refractivity contribution in [1.82, 2.24) is 5.32 Å². The molecule has 2 saturated heterocycles. The summed E-state index contributed by atoms with van der Waals surface area (Å²) in [4.78, 5) is 5.82. The molecule has 1 atom stereocenters. The Bertz CT molecular complexity index is 178. The lowest BCUT2D eigenvalue weighted by Gasteiger charge is -2.19. The molecule has 3 heteroatoms. The van der Waals surface area contributed by atoms with E-state index in [1.54, 1.807) is 0 Å². The zero-order chi connectivity index (χ0) is 9.86. The lowest BCUT2D eigenvalue weighted by molar-refractivity contribution is -0.923. The molecule has 0 aromatic rings. The molecule has 0 aromatic carbocycles. The first kappa shape index (κ1) is 10.4. The van der Waals surface area contributed by atoms with E-state index in [2.05, 4.69) is 12.2 Å². The summed E-state index contributed by atoms with van der Waals surface area (Å²) < 4.78 is 0.971. The van der Waals surface area contributed by atoms with Crippen LogP contribution in [0.2, 0.25) is 0 Å². The van der Waals surface area contributed by atoms with Gasteiger partial charge in [-0.2, -0.15) is 0 Å². The van der Waals surface area contributed by atoms with Gasteiger partial charge in [-0.25, -0.2) is 0 Å². The van der Waals surface area contributed by atoms with Crippen LogP contribution in [0.5, 0.6) is 0 Å². The van der Waals surface area contributed by atoms with Crippen molar-refractivity contribution in [2.75, 3.05) is 26.2 Å². The molecule has 2 aliphatic rings. The lowest BCUT2D eigenvalue weighted by Crippen LogP contribution is -2.46. The van der Waals surface area contributed by atoms with Gasteiger partial charge in [0.1, 0.15) is 13.1 Å². The van der Waals surface area contributed by atoms with Crippen LogP contribution in [-0.4, -0.2) is 37.1 Å². The zero-order valence-corrected chi connectivity index (χ0v) is 9.30. The number of unbranched alkanes of at least 4 members (excludes halogenated alkanes) is 3. The Hall–Kier alpha value is -0.120. The van der Waals surface area contributed by atoms with Crippen LogP contribution < -0.4 is 5.32 Å². The molecule has 2 fully saturated rings. The maximum absolute atomic E-state index is 5.82. The first-order chi connectivity index (χ1) is 6.87. The maximum atomic E-state index is 5.82. The third-order valence-corrected chi connectivity index (χ3v) is 3.45. The quantitative estimate of drug-likeness (QED) is 0.413. The molecule has 0 saturated carbocycles. The van der Waals surface area contributed by atoms with Gasteiger partial charge in [0.25, 0.3) is 6.23 Å². The van der Waals surface area contributed by atoms with Gasteiger partial charge in [-0.15, -0.1) is 9.48 Å². The van der Waals surface area contributed by atoms with E-state index in [4.69, 9.17) is 4.84 Å². The molecule has 14 heavy (non-hydrogen) atoms. The average molecular weight is 199 g/mol. The second-order valence-corrected chi connectivity index (χ2v) is 4.56. The molecule has 2 rings (SSSR count). The normalized spacial score (nSPS) is 29.4. The third kappa shape index (κ3) is 2.27. The molecular formula is C11H23N2O+. The molecule has 1 unspecified atom stereocenters. The molecule has 3 nitrogen and oxygen atoms in total. The Morgan fingerprint density at radius 2 is 2.00 bits per heavy atom. The van der Waals surface area contributed by atoms with Crippen molar-refractivity contribution >= 4 is 0 Å². The van der Waals surface area contributed by atoms with Crippen molar-refractivity contribution in [2.24, 2.45) is 0 Å². The van der Waals surface area contributed by atoms with Crippen molar-refractivity contribution in [3.63, 3.8) is 0 Å². The van der Waals surface area contributed by atoms with E-state index in [1.807, 2.05) is 0 Å². The molecule has 0 amide bonds. The minimum atomic E-state index is 0.550. The molecule has 0 radical (unpaired) electrons. The molecule has 0 bridgehead atoms. The fourth-order valence-electron chi connectivity index (χ4n) is 2.42. The van der Waals surface area contributed by atoms with Crippen LogP contribution in [0.1, 0.15) is 39.0 Å². The van der Waals surface area contributed by atoms with Crippen molar-refractivity contribution in [3.8, 4) is 0 Å². The lowest BCUT2D eigenvalue weighted by atomic mass is 10.1. The highest BCUT2D eigenvalue weighted by atomic mass is 16.9. The summed E-state index contributed by atoms with van der Waals surface area (Å²) in [6, 6.07) is 0. The Morgan fingerprint density at radius 1 is 1.21 bits per heavy atom. The van der Waals surface area contributed by atoms with Crippen LogP contribution in [0.4, 0.5) is 0 Å². The van der Waals surface area contributed by atoms with Gasteiger partial charge >= 0.3 is 0 Å². The van der Waals surface area contributed by atoms with Gasteiger partial charge in [-0.05, 0) is 6.42 Å². The number of nitrogens with zero attached hydrogens (tertiary/aromatic N) is 1. The summed E-state index contributed by atoms with van der Waals surface area (Å²) in [7, 11) is 0. The minimum absolute atomic E-state index is 0.550. The van der Waals surface area contributed by atoms with Gasteiger partial charge in [-0.1, -0.05) is 26.2 Å². The highest BCUT2D eigenvalue weighted by Crippen LogP contribution is 2.37. The second-order valence-electron chi connectivity index (χ2n) is 4.56. The molecule has 2 heterocycles. The van der Waals surface area contributed by atoms with Gasteiger partial charge in [-0.3, -0.25) is 0 Å². The summed E-state index contributed by atoms with van der Waals surface area (Å²) in [5, 5.41) is 3.38. The summed E-state index contributed by atoms with van der Waals surface area (Å²) in [6.07, 6.45) is 7.28. The third-order valence-electron chi connectivity index (χ3n) is 3.45. The van der Waals surface area contributed by atoms with E-state index in [-0.39, 0.29) is 0 Å². The second kappa shape index (κ2) is 4.60. The van der Waals surface area contributed by atoms with E-state index in [9.17, 15) is 0 Å². The molecule has 1 spiro atoms. The zero-order valence-electron chi connectivity index (χ0n) is 9.30. The standard InChI is InChI=1S/C11H23N2O/c1-2-3-4-5-6-11-13(14-11)9-7-12-8-10-13/h11-12H,2-10H2,1H3/q+1.